The molecule has 3 aromatic rings. The third-order valence-corrected chi connectivity index (χ3v) is 8.64. The Hall–Kier alpha value is -2.33. The van der Waals surface area contributed by atoms with Crippen LogP contribution in [-0.4, -0.2) is 51.4 Å². The van der Waals surface area contributed by atoms with Crippen LogP contribution in [0.3, 0.4) is 0 Å². The van der Waals surface area contributed by atoms with Gasteiger partial charge in [-0.2, -0.15) is 4.98 Å². The van der Waals surface area contributed by atoms with Gasteiger partial charge in [0.25, 0.3) is 0 Å². The number of ether oxygens (including phenoxy) is 2. The van der Waals surface area contributed by atoms with Gasteiger partial charge in [-0.05, 0) is 64.0 Å². The molecule has 0 bridgehead atoms. The van der Waals surface area contributed by atoms with Crippen LogP contribution < -0.4 is 10.6 Å². The molecular formula is C27H33Cl3N6O3. The molecule has 2 aromatic heterocycles. The number of hydrogen-bond acceptors (Lipinski definition) is 8. The van der Waals surface area contributed by atoms with Crippen LogP contribution in [0, 0.1) is 11.3 Å². The summed E-state index contributed by atoms with van der Waals surface area (Å²) in [5, 5.41) is 8.03. The fraction of sp³-hybridized carbons (Fsp3) is 0.556. The number of nitrogens with zero attached hydrogens (tertiary/aromatic N) is 4. The number of rotatable bonds is 7. The molecule has 0 amide bonds. The van der Waals surface area contributed by atoms with Crippen molar-refractivity contribution < 1.29 is 14.3 Å². The molecule has 2 atom stereocenters. The minimum Gasteiger partial charge on any atom is -0.466 e. The predicted molar refractivity (Wildman–Crippen MR) is 154 cm³/mol. The second-order valence-corrected chi connectivity index (χ2v) is 11.9. The van der Waals surface area contributed by atoms with E-state index in [1.165, 1.54) is 0 Å². The molecule has 9 nitrogen and oxygen atoms in total. The quantitative estimate of drug-likeness (QED) is 0.280. The van der Waals surface area contributed by atoms with Crippen LogP contribution in [0.1, 0.15) is 58.9 Å². The van der Waals surface area contributed by atoms with Gasteiger partial charge in [0, 0.05) is 23.7 Å². The minimum atomic E-state index is -0.514. The Bertz CT molecular complexity index is 1340. The normalized spacial score (nSPS) is 25.4. The first-order valence-corrected chi connectivity index (χ1v) is 14.5. The fourth-order valence-electron chi connectivity index (χ4n) is 5.44. The van der Waals surface area contributed by atoms with Crippen LogP contribution >= 0.6 is 34.8 Å². The number of nitrogens with one attached hydrogen (secondary N) is 2. The Kier molecular flexibility index (Phi) is 8.42. The summed E-state index contributed by atoms with van der Waals surface area (Å²) in [6.45, 7) is 7.76. The number of halogens is 3. The molecule has 0 radical (unpaired) electrons. The number of benzene rings is 1. The highest BCUT2D eigenvalue weighted by Crippen LogP contribution is 2.44. The fourth-order valence-corrected chi connectivity index (χ4v) is 6.35. The standard InChI is InChI=1S/C27H33Cl3N6O3/c1-4-39-24(37)27(3)8-5-17(6-9-27)36-23-21(13-31-25(35-23)32-20-7-10-38-14-15(20)2)33-26(36)34-22-18(29)11-16(28)12-19(22)30/h11-13,15,17,20H,4-10,14H2,1-3H3,(H,33,34)(H,31,32,35)/t15-,17-,20-,27-/m1/s1. The van der Waals surface area contributed by atoms with E-state index in [1.54, 1.807) is 18.3 Å². The Labute approximate surface area is 242 Å². The van der Waals surface area contributed by atoms with Crippen LogP contribution in [0.5, 0.6) is 0 Å². The zero-order valence-electron chi connectivity index (χ0n) is 22.3. The van der Waals surface area contributed by atoms with E-state index in [0.29, 0.717) is 82.4 Å². The number of fused-ring (bicyclic) bond motifs is 1. The molecule has 0 unspecified atom stereocenters. The van der Waals surface area contributed by atoms with E-state index in [9.17, 15) is 4.79 Å². The van der Waals surface area contributed by atoms with Gasteiger partial charge in [0.2, 0.25) is 11.9 Å². The SMILES string of the molecule is CCOC(=O)[C@]1(C)CC[C@@H](n2c(Nc3c(Cl)cc(Cl)cc3Cl)nc3cnc(N[C@@H]4CCOC[C@H]4C)nc32)CC1. The molecular weight excluding hydrogens is 563 g/mol. The maximum absolute atomic E-state index is 12.7. The summed E-state index contributed by atoms with van der Waals surface area (Å²) in [6.07, 6.45) is 5.49. The summed E-state index contributed by atoms with van der Waals surface area (Å²) in [6, 6.07) is 3.52. The highest BCUT2D eigenvalue weighted by molar-refractivity contribution is 6.41. The van der Waals surface area contributed by atoms with Crippen molar-refractivity contribution in [1.29, 1.82) is 0 Å². The van der Waals surface area contributed by atoms with Gasteiger partial charge in [0.1, 0.15) is 5.52 Å². The Morgan fingerprint density at radius 3 is 2.56 bits per heavy atom. The molecule has 210 valence electrons. The van der Waals surface area contributed by atoms with Crippen LogP contribution in [0.25, 0.3) is 11.2 Å². The first kappa shape index (κ1) is 28.2. The lowest BCUT2D eigenvalue weighted by Gasteiger charge is -2.36. The predicted octanol–water partition coefficient (Wildman–Crippen LogP) is 7.05. The van der Waals surface area contributed by atoms with Crippen molar-refractivity contribution in [3.05, 3.63) is 33.4 Å². The lowest BCUT2D eigenvalue weighted by Crippen LogP contribution is -2.36. The molecule has 3 heterocycles. The van der Waals surface area contributed by atoms with Gasteiger partial charge in [-0.15, -0.1) is 0 Å². The number of hydrogen-bond donors (Lipinski definition) is 2. The van der Waals surface area contributed by atoms with Gasteiger partial charge in [-0.1, -0.05) is 41.7 Å². The number of esters is 1. The molecule has 0 spiro atoms. The summed E-state index contributed by atoms with van der Waals surface area (Å²) in [4.78, 5) is 27.0. The van der Waals surface area contributed by atoms with Gasteiger partial charge in [-0.3, -0.25) is 9.36 Å². The van der Waals surface area contributed by atoms with Gasteiger partial charge in [-0.25, -0.2) is 9.97 Å². The monoisotopic (exact) mass is 594 g/mol. The second kappa shape index (κ2) is 11.6. The molecule has 2 N–H and O–H groups in total. The van der Waals surface area contributed by atoms with E-state index in [0.717, 1.165) is 19.3 Å². The lowest BCUT2D eigenvalue weighted by molar-refractivity contribution is -0.156. The third-order valence-electron chi connectivity index (χ3n) is 7.82. The topological polar surface area (TPSA) is 103 Å². The number of anilines is 3. The Balaban J connectivity index is 1.51. The summed E-state index contributed by atoms with van der Waals surface area (Å²) in [5.74, 6) is 1.29. The maximum atomic E-state index is 12.7. The van der Waals surface area contributed by atoms with Gasteiger partial charge in [0.05, 0.1) is 40.6 Å². The number of aromatic nitrogens is 4. The average molecular weight is 596 g/mol. The molecule has 5 rings (SSSR count). The van der Waals surface area contributed by atoms with E-state index in [4.69, 9.17) is 54.2 Å². The Morgan fingerprint density at radius 1 is 1.18 bits per heavy atom. The van der Waals surface area contributed by atoms with E-state index in [-0.39, 0.29) is 18.1 Å². The van der Waals surface area contributed by atoms with Crippen LogP contribution in [-0.2, 0) is 14.3 Å². The first-order valence-electron chi connectivity index (χ1n) is 13.4. The van der Waals surface area contributed by atoms with Crippen molar-refractivity contribution in [1.82, 2.24) is 19.5 Å². The molecule has 1 aliphatic carbocycles. The van der Waals surface area contributed by atoms with Crippen molar-refractivity contribution in [2.75, 3.05) is 30.5 Å². The summed E-state index contributed by atoms with van der Waals surface area (Å²) >= 11 is 19.1. The maximum Gasteiger partial charge on any atom is 0.311 e. The summed E-state index contributed by atoms with van der Waals surface area (Å²) in [5.41, 5.74) is 1.33. The van der Waals surface area contributed by atoms with Crippen LogP contribution in [0.2, 0.25) is 15.1 Å². The van der Waals surface area contributed by atoms with Crippen molar-refractivity contribution in [3.8, 4) is 0 Å². The molecule has 1 aliphatic heterocycles. The van der Waals surface area contributed by atoms with Crippen molar-refractivity contribution >= 4 is 69.5 Å². The number of imidazole rings is 1. The average Bonchev–Trinajstić information content (AvgIpc) is 3.25. The van der Waals surface area contributed by atoms with Crippen LogP contribution in [0.4, 0.5) is 17.6 Å². The van der Waals surface area contributed by atoms with E-state index in [1.807, 2.05) is 13.8 Å². The van der Waals surface area contributed by atoms with Crippen molar-refractivity contribution in [3.63, 3.8) is 0 Å². The van der Waals surface area contributed by atoms with Crippen molar-refractivity contribution in [2.24, 2.45) is 11.3 Å². The highest BCUT2D eigenvalue weighted by atomic mass is 35.5. The molecule has 1 aromatic carbocycles. The molecule has 1 saturated heterocycles. The van der Waals surface area contributed by atoms with Crippen molar-refractivity contribution in [2.45, 2.75) is 65.0 Å². The smallest absolute Gasteiger partial charge is 0.311 e. The zero-order chi connectivity index (χ0) is 27.7. The highest BCUT2D eigenvalue weighted by Gasteiger charge is 2.40. The zero-order valence-corrected chi connectivity index (χ0v) is 24.5. The van der Waals surface area contributed by atoms with Crippen LogP contribution in [0.15, 0.2) is 18.3 Å². The van der Waals surface area contributed by atoms with E-state index < -0.39 is 5.41 Å². The van der Waals surface area contributed by atoms with Gasteiger partial charge in [0.15, 0.2) is 5.65 Å². The molecule has 2 fully saturated rings. The summed E-state index contributed by atoms with van der Waals surface area (Å²) < 4.78 is 13.0. The number of carbonyl (C=O) groups excluding carboxylic acids is 1. The minimum absolute atomic E-state index is 0.0367. The summed E-state index contributed by atoms with van der Waals surface area (Å²) in [7, 11) is 0. The van der Waals surface area contributed by atoms with E-state index in [2.05, 4.69) is 27.1 Å². The molecule has 39 heavy (non-hydrogen) atoms. The Morgan fingerprint density at radius 2 is 1.90 bits per heavy atom. The lowest BCUT2D eigenvalue weighted by atomic mass is 9.74. The van der Waals surface area contributed by atoms with Gasteiger partial charge >= 0.3 is 5.97 Å². The van der Waals surface area contributed by atoms with Gasteiger partial charge < -0.3 is 20.1 Å². The largest absolute Gasteiger partial charge is 0.466 e. The first-order chi connectivity index (χ1) is 18.7. The number of carbonyl (C=O) groups is 1. The molecule has 1 saturated carbocycles. The molecule has 12 heteroatoms. The third kappa shape index (κ3) is 5.92. The molecule has 2 aliphatic rings. The van der Waals surface area contributed by atoms with E-state index >= 15 is 0 Å². The second-order valence-electron chi connectivity index (χ2n) is 10.7.